The average molecular weight is 378 g/mol. The molecule has 144 valence electrons. The van der Waals surface area contributed by atoms with Gasteiger partial charge < -0.3 is 21.9 Å². The Bertz CT molecular complexity index is 944. The summed E-state index contributed by atoms with van der Waals surface area (Å²) in [4.78, 5) is 8.27. The maximum Gasteiger partial charge on any atom is 0.156 e. The molecule has 0 atom stereocenters. The summed E-state index contributed by atoms with van der Waals surface area (Å²) in [5.41, 5.74) is 19.6. The number of ether oxygens (including phenoxy) is 1. The van der Waals surface area contributed by atoms with Gasteiger partial charge in [0.05, 0.1) is 24.0 Å². The van der Waals surface area contributed by atoms with Crippen molar-refractivity contribution in [1.82, 2.24) is 15.1 Å². The van der Waals surface area contributed by atoms with Crippen molar-refractivity contribution >= 4 is 17.5 Å². The van der Waals surface area contributed by atoms with Crippen LogP contribution < -0.4 is 27.8 Å². The Labute approximate surface area is 162 Å². The maximum absolute atomic E-state index is 5.95. The third-order valence-corrected chi connectivity index (χ3v) is 3.83. The summed E-state index contributed by atoms with van der Waals surface area (Å²) < 4.78 is 5.71. The number of hydrazine groups is 1. The summed E-state index contributed by atoms with van der Waals surface area (Å²) in [7, 11) is 0. The van der Waals surface area contributed by atoms with Gasteiger partial charge in [0.15, 0.2) is 5.84 Å². The zero-order valence-corrected chi connectivity index (χ0v) is 15.2. The number of amidine groups is 1. The van der Waals surface area contributed by atoms with Crippen molar-refractivity contribution in [2.45, 2.75) is 13.2 Å². The van der Waals surface area contributed by atoms with Crippen LogP contribution in [-0.2, 0) is 13.2 Å². The van der Waals surface area contributed by atoms with Crippen molar-refractivity contribution in [1.29, 1.82) is 0 Å². The molecule has 2 aromatic heterocycles. The number of anilines is 2. The van der Waals surface area contributed by atoms with Gasteiger partial charge in [-0.2, -0.15) is 0 Å². The molecule has 0 aliphatic rings. The summed E-state index contributed by atoms with van der Waals surface area (Å²) in [6.45, 7) is 0.727. The van der Waals surface area contributed by atoms with Crippen LogP contribution in [0.4, 0.5) is 11.6 Å². The van der Waals surface area contributed by atoms with Gasteiger partial charge in [-0.1, -0.05) is 30.3 Å². The normalized spacial score (nSPS) is 11.2. The standard InChI is InChI=1S/C19H22N8O/c20-17-9-8-16(18(21)25-17)19(22)26-27(23)11-14-6-7-15(10-24-14)28-12-13-4-2-1-3-5-13/h1-10H,11-12,23H2,(H2,22,26)(H4,20,21,25). The first-order chi connectivity index (χ1) is 13.5. The van der Waals surface area contributed by atoms with Crippen molar-refractivity contribution in [2.24, 2.45) is 16.7 Å². The molecule has 2 heterocycles. The van der Waals surface area contributed by atoms with Crippen LogP contribution in [-0.4, -0.2) is 20.9 Å². The van der Waals surface area contributed by atoms with Crippen molar-refractivity contribution in [3.05, 3.63) is 77.6 Å². The van der Waals surface area contributed by atoms with E-state index >= 15 is 0 Å². The van der Waals surface area contributed by atoms with Crippen molar-refractivity contribution in [2.75, 3.05) is 11.5 Å². The second kappa shape index (κ2) is 8.69. The third kappa shape index (κ3) is 5.08. The van der Waals surface area contributed by atoms with Crippen molar-refractivity contribution < 1.29 is 4.74 Å². The van der Waals surface area contributed by atoms with Gasteiger partial charge in [-0.15, -0.1) is 5.10 Å². The molecule has 0 aliphatic heterocycles. The lowest BCUT2D eigenvalue weighted by atomic mass is 10.2. The first-order valence-corrected chi connectivity index (χ1v) is 8.51. The van der Waals surface area contributed by atoms with Crippen LogP contribution in [0.15, 0.2) is 65.9 Å². The Morgan fingerprint density at radius 2 is 1.82 bits per heavy atom. The summed E-state index contributed by atoms with van der Waals surface area (Å²) in [6, 6.07) is 16.8. The van der Waals surface area contributed by atoms with Crippen LogP contribution in [0, 0.1) is 0 Å². The molecule has 0 saturated heterocycles. The third-order valence-electron chi connectivity index (χ3n) is 3.83. The van der Waals surface area contributed by atoms with Crippen LogP contribution in [0.1, 0.15) is 16.8 Å². The number of pyridine rings is 2. The van der Waals surface area contributed by atoms with Crippen molar-refractivity contribution in [3.8, 4) is 5.75 Å². The van der Waals surface area contributed by atoms with Gasteiger partial charge in [0.2, 0.25) is 0 Å². The summed E-state index contributed by atoms with van der Waals surface area (Å²) in [6.07, 6.45) is 1.64. The second-order valence-corrected chi connectivity index (χ2v) is 6.01. The molecular weight excluding hydrogens is 356 g/mol. The lowest BCUT2D eigenvalue weighted by Crippen LogP contribution is -2.30. The molecule has 9 heteroatoms. The number of hydrogen-bond donors (Lipinski definition) is 4. The average Bonchev–Trinajstić information content (AvgIpc) is 2.68. The molecule has 0 unspecified atom stereocenters. The molecule has 0 bridgehead atoms. The topological polar surface area (TPSA) is 155 Å². The van der Waals surface area contributed by atoms with Crippen LogP contribution in [0.3, 0.4) is 0 Å². The Balaban J connectivity index is 1.58. The van der Waals surface area contributed by atoms with Gasteiger partial charge >= 0.3 is 0 Å². The van der Waals surface area contributed by atoms with Gasteiger partial charge in [-0.25, -0.2) is 15.9 Å². The molecule has 0 fully saturated rings. The molecular formula is C19H22N8O. The molecule has 1 aromatic carbocycles. The lowest BCUT2D eigenvalue weighted by Gasteiger charge is -2.14. The van der Waals surface area contributed by atoms with E-state index in [-0.39, 0.29) is 18.2 Å². The van der Waals surface area contributed by atoms with E-state index in [0.29, 0.717) is 29.4 Å². The monoisotopic (exact) mass is 378 g/mol. The van der Waals surface area contributed by atoms with Gasteiger partial charge in [0.1, 0.15) is 24.0 Å². The fraction of sp³-hybridized carbons (Fsp3) is 0.105. The number of nitrogen functional groups attached to an aromatic ring is 2. The predicted molar refractivity (Wildman–Crippen MR) is 109 cm³/mol. The van der Waals surface area contributed by atoms with Crippen LogP contribution >= 0.6 is 0 Å². The highest BCUT2D eigenvalue weighted by Crippen LogP contribution is 2.14. The first kappa shape index (κ1) is 18.9. The molecule has 9 nitrogen and oxygen atoms in total. The maximum atomic E-state index is 5.95. The minimum absolute atomic E-state index is 0.135. The smallest absolute Gasteiger partial charge is 0.156 e. The van der Waals surface area contributed by atoms with E-state index in [1.165, 1.54) is 5.12 Å². The van der Waals surface area contributed by atoms with Gasteiger partial charge in [0.25, 0.3) is 0 Å². The van der Waals surface area contributed by atoms with Crippen LogP contribution in [0.5, 0.6) is 5.75 Å². The summed E-state index contributed by atoms with van der Waals surface area (Å²) >= 11 is 0. The first-order valence-electron chi connectivity index (χ1n) is 8.51. The van der Waals surface area contributed by atoms with Gasteiger partial charge in [0, 0.05) is 0 Å². The van der Waals surface area contributed by atoms with Gasteiger partial charge in [-0.3, -0.25) is 4.98 Å². The number of hydrogen-bond acceptors (Lipinski definition) is 8. The number of nitrogens with two attached hydrogens (primary N) is 4. The Morgan fingerprint density at radius 3 is 2.50 bits per heavy atom. The van der Waals surface area contributed by atoms with Crippen LogP contribution in [0.2, 0.25) is 0 Å². The van der Waals surface area contributed by atoms with E-state index in [0.717, 1.165) is 5.56 Å². The largest absolute Gasteiger partial charge is 0.487 e. The molecule has 3 aromatic rings. The van der Waals surface area contributed by atoms with E-state index in [4.69, 9.17) is 27.8 Å². The Morgan fingerprint density at radius 1 is 1.04 bits per heavy atom. The highest BCUT2D eigenvalue weighted by Gasteiger charge is 2.08. The molecule has 0 saturated carbocycles. The second-order valence-electron chi connectivity index (χ2n) is 6.01. The zero-order valence-electron chi connectivity index (χ0n) is 15.2. The highest BCUT2D eigenvalue weighted by molar-refractivity contribution is 6.01. The quantitative estimate of drug-likeness (QED) is 0.207. The Hall–Kier alpha value is -3.85. The van der Waals surface area contributed by atoms with E-state index in [1.807, 2.05) is 42.5 Å². The fourth-order valence-electron chi connectivity index (χ4n) is 2.43. The number of hydrazone groups is 1. The minimum atomic E-state index is 0.135. The van der Waals surface area contributed by atoms with E-state index < -0.39 is 0 Å². The van der Waals surface area contributed by atoms with Crippen LogP contribution in [0.25, 0.3) is 0 Å². The Kier molecular flexibility index (Phi) is 5.87. The van der Waals surface area contributed by atoms with E-state index in [9.17, 15) is 0 Å². The number of benzene rings is 1. The summed E-state index contributed by atoms with van der Waals surface area (Å²) in [5, 5.41) is 5.28. The molecule has 3 rings (SSSR count). The highest BCUT2D eigenvalue weighted by atomic mass is 16.5. The summed E-state index contributed by atoms with van der Waals surface area (Å²) in [5.74, 6) is 7.20. The number of aromatic nitrogens is 2. The lowest BCUT2D eigenvalue weighted by molar-refractivity contribution is 0.284. The predicted octanol–water partition coefficient (Wildman–Crippen LogP) is 1.22. The number of nitrogens with zero attached hydrogens (tertiary/aromatic N) is 4. The molecule has 0 amide bonds. The number of rotatable bonds is 7. The molecule has 28 heavy (non-hydrogen) atoms. The molecule has 0 aliphatic carbocycles. The van der Waals surface area contributed by atoms with Gasteiger partial charge in [-0.05, 0) is 29.8 Å². The van der Waals surface area contributed by atoms with E-state index in [2.05, 4.69) is 15.1 Å². The molecule has 0 radical (unpaired) electrons. The molecule has 8 N–H and O–H groups in total. The fourth-order valence-corrected chi connectivity index (χ4v) is 2.43. The van der Waals surface area contributed by atoms with Crippen molar-refractivity contribution in [3.63, 3.8) is 0 Å². The SMILES string of the molecule is N/C(=N\N(N)Cc1ccc(OCc2ccccc2)cn1)c1ccc(N)nc1N. The minimum Gasteiger partial charge on any atom is -0.487 e. The molecule has 0 spiro atoms. The van der Waals surface area contributed by atoms with E-state index in [1.54, 1.807) is 18.3 Å². The zero-order chi connectivity index (χ0) is 19.9.